The molecule has 0 radical (unpaired) electrons. The van der Waals surface area contributed by atoms with Crippen LogP contribution in [-0.2, 0) is 11.3 Å². The zero-order chi connectivity index (χ0) is 15.9. The summed E-state index contributed by atoms with van der Waals surface area (Å²) in [5.41, 5.74) is 12.0. The van der Waals surface area contributed by atoms with Crippen molar-refractivity contribution < 1.29 is 9.90 Å². The Morgan fingerprint density at radius 3 is 2.86 bits per heavy atom. The van der Waals surface area contributed by atoms with Gasteiger partial charge in [-0.05, 0) is 37.6 Å². The van der Waals surface area contributed by atoms with E-state index in [0.29, 0.717) is 23.5 Å². The molecular weight excluding hydrogens is 280 g/mol. The van der Waals surface area contributed by atoms with Crippen molar-refractivity contribution in [2.75, 3.05) is 0 Å². The number of hydrogen-bond acceptors (Lipinski definition) is 5. The minimum atomic E-state index is -0.143. The first-order valence-corrected chi connectivity index (χ1v) is 7.08. The summed E-state index contributed by atoms with van der Waals surface area (Å²) >= 11 is 0. The van der Waals surface area contributed by atoms with Crippen LogP contribution in [-0.4, -0.2) is 27.9 Å². The molecule has 1 unspecified atom stereocenters. The van der Waals surface area contributed by atoms with Gasteiger partial charge in [0.15, 0.2) is 0 Å². The molecule has 3 rings (SSSR count). The van der Waals surface area contributed by atoms with Crippen molar-refractivity contribution in [1.82, 2.24) is 10.4 Å². The molecule has 1 aromatic rings. The van der Waals surface area contributed by atoms with E-state index in [1.807, 2.05) is 26.0 Å². The standard InChI is InChI=1S/C16H18N4O2/c1-9-6-13(15(17)18-9)14-10(2)19-20(16(14)22)8-11-4-3-5-12(21)7-11/h3-7,10,19,21H,8H2,1-2H3,(H2,17,18). The molecule has 2 aliphatic rings. The van der Waals surface area contributed by atoms with Crippen molar-refractivity contribution in [2.45, 2.75) is 26.4 Å². The summed E-state index contributed by atoms with van der Waals surface area (Å²) in [6.45, 7) is 4.13. The van der Waals surface area contributed by atoms with Gasteiger partial charge in [0, 0.05) is 16.8 Å². The van der Waals surface area contributed by atoms with Gasteiger partial charge in [0.25, 0.3) is 5.91 Å². The van der Waals surface area contributed by atoms with E-state index >= 15 is 0 Å². The van der Waals surface area contributed by atoms with E-state index in [4.69, 9.17) is 5.73 Å². The summed E-state index contributed by atoms with van der Waals surface area (Å²) in [6.07, 6.45) is 1.83. The lowest BCUT2D eigenvalue weighted by Crippen LogP contribution is -2.35. The normalized spacial score (nSPS) is 24.7. The molecule has 6 nitrogen and oxygen atoms in total. The molecule has 114 valence electrons. The van der Waals surface area contributed by atoms with Crippen molar-refractivity contribution in [3.05, 3.63) is 52.7 Å². The molecule has 0 spiro atoms. The fourth-order valence-electron chi connectivity index (χ4n) is 2.77. The minimum Gasteiger partial charge on any atom is -0.508 e. The van der Waals surface area contributed by atoms with Crippen molar-refractivity contribution in [3.8, 4) is 5.75 Å². The molecule has 0 aliphatic carbocycles. The van der Waals surface area contributed by atoms with E-state index in [0.717, 1.165) is 11.3 Å². The van der Waals surface area contributed by atoms with Gasteiger partial charge in [-0.15, -0.1) is 0 Å². The number of aromatic hydroxyl groups is 1. The Labute approximate surface area is 128 Å². The third-order valence-corrected chi connectivity index (χ3v) is 3.73. The van der Waals surface area contributed by atoms with E-state index in [-0.39, 0.29) is 17.7 Å². The molecule has 22 heavy (non-hydrogen) atoms. The molecule has 1 atom stereocenters. The number of carbonyl (C=O) groups is 1. The quantitative estimate of drug-likeness (QED) is 0.716. The number of aliphatic imine (C=N–C) groups is 1. The van der Waals surface area contributed by atoms with Crippen LogP contribution in [0, 0.1) is 0 Å². The van der Waals surface area contributed by atoms with Crippen LogP contribution in [0.15, 0.2) is 52.2 Å². The van der Waals surface area contributed by atoms with Gasteiger partial charge in [0.1, 0.15) is 11.6 Å². The number of hydrazine groups is 1. The second-order valence-electron chi connectivity index (χ2n) is 5.52. The number of carbonyl (C=O) groups excluding carboxylic acids is 1. The number of nitrogens with zero attached hydrogens (tertiary/aromatic N) is 2. The Bertz CT molecular complexity index is 733. The van der Waals surface area contributed by atoms with E-state index in [9.17, 15) is 9.90 Å². The maximum Gasteiger partial charge on any atom is 0.266 e. The van der Waals surface area contributed by atoms with Crippen molar-refractivity contribution >= 4 is 11.7 Å². The fourth-order valence-corrected chi connectivity index (χ4v) is 2.77. The van der Waals surface area contributed by atoms with Crippen LogP contribution >= 0.6 is 0 Å². The van der Waals surface area contributed by atoms with Crippen LogP contribution in [0.2, 0.25) is 0 Å². The average molecular weight is 298 g/mol. The third-order valence-electron chi connectivity index (χ3n) is 3.73. The lowest BCUT2D eigenvalue weighted by Gasteiger charge is -2.16. The number of phenolic OH excluding ortho intramolecular Hbond substituents is 1. The number of rotatable bonds is 2. The number of amidine groups is 1. The van der Waals surface area contributed by atoms with Gasteiger partial charge in [-0.1, -0.05) is 12.1 Å². The van der Waals surface area contributed by atoms with Gasteiger partial charge in [-0.25, -0.2) is 10.4 Å². The van der Waals surface area contributed by atoms with E-state index in [1.54, 1.807) is 18.2 Å². The maximum absolute atomic E-state index is 12.6. The molecule has 0 saturated carbocycles. The van der Waals surface area contributed by atoms with Gasteiger partial charge < -0.3 is 10.8 Å². The molecular formula is C16H18N4O2. The Morgan fingerprint density at radius 1 is 1.45 bits per heavy atom. The first kappa shape index (κ1) is 14.3. The van der Waals surface area contributed by atoms with Crippen LogP contribution in [0.3, 0.4) is 0 Å². The zero-order valence-electron chi connectivity index (χ0n) is 12.5. The number of amides is 1. The fraction of sp³-hybridized carbons (Fsp3) is 0.250. The molecule has 0 bridgehead atoms. The van der Waals surface area contributed by atoms with E-state index in [1.165, 1.54) is 5.01 Å². The lowest BCUT2D eigenvalue weighted by atomic mass is 10.0. The molecule has 6 heteroatoms. The summed E-state index contributed by atoms with van der Waals surface area (Å²) in [6, 6.07) is 6.71. The predicted molar refractivity (Wildman–Crippen MR) is 83.7 cm³/mol. The Kier molecular flexibility index (Phi) is 3.46. The van der Waals surface area contributed by atoms with Crippen molar-refractivity contribution in [1.29, 1.82) is 0 Å². The van der Waals surface area contributed by atoms with Crippen LogP contribution in [0.4, 0.5) is 0 Å². The van der Waals surface area contributed by atoms with Crippen molar-refractivity contribution in [3.63, 3.8) is 0 Å². The van der Waals surface area contributed by atoms with Gasteiger partial charge in [0.2, 0.25) is 0 Å². The molecule has 1 fully saturated rings. The van der Waals surface area contributed by atoms with Crippen LogP contribution in [0.1, 0.15) is 19.4 Å². The van der Waals surface area contributed by atoms with Gasteiger partial charge in [-0.2, -0.15) is 0 Å². The topological polar surface area (TPSA) is 91.0 Å². The largest absolute Gasteiger partial charge is 0.508 e. The lowest BCUT2D eigenvalue weighted by molar-refractivity contribution is -0.127. The molecule has 1 amide bonds. The molecule has 1 aromatic carbocycles. The molecule has 2 heterocycles. The zero-order valence-corrected chi connectivity index (χ0v) is 12.5. The number of allylic oxidation sites excluding steroid dienone is 1. The Morgan fingerprint density at radius 2 is 2.23 bits per heavy atom. The van der Waals surface area contributed by atoms with E-state index < -0.39 is 0 Å². The Balaban J connectivity index is 1.88. The average Bonchev–Trinajstić information content (AvgIpc) is 2.89. The number of nitrogens with two attached hydrogens (primary N) is 1. The molecule has 1 saturated heterocycles. The first-order chi connectivity index (χ1) is 10.5. The highest BCUT2D eigenvalue weighted by molar-refractivity contribution is 6.11. The van der Waals surface area contributed by atoms with Crippen LogP contribution in [0.25, 0.3) is 0 Å². The minimum absolute atomic E-state index is 0.116. The van der Waals surface area contributed by atoms with E-state index in [2.05, 4.69) is 10.4 Å². The number of benzene rings is 1. The summed E-state index contributed by atoms with van der Waals surface area (Å²) in [5, 5.41) is 11.1. The third kappa shape index (κ3) is 2.48. The highest BCUT2D eigenvalue weighted by atomic mass is 16.3. The summed E-state index contributed by atoms with van der Waals surface area (Å²) < 4.78 is 0. The summed E-state index contributed by atoms with van der Waals surface area (Å²) in [4.78, 5) is 16.8. The van der Waals surface area contributed by atoms with Gasteiger partial charge in [0.05, 0.1) is 12.6 Å². The van der Waals surface area contributed by atoms with Gasteiger partial charge in [-0.3, -0.25) is 9.80 Å². The smallest absolute Gasteiger partial charge is 0.266 e. The molecule has 4 N–H and O–H groups in total. The maximum atomic E-state index is 12.6. The number of nitrogens with one attached hydrogen (secondary N) is 1. The van der Waals surface area contributed by atoms with Crippen LogP contribution < -0.4 is 11.2 Å². The predicted octanol–water partition coefficient (Wildman–Crippen LogP) is 1.20. The van der Waals surface area contributed by atoms with Crippen LogP contribution in [0.5, 0.6) is 5.75 Å². The highest BCUT2D eigenvalue weighted by Gasteiger charge is 2.35. The second-order valence-corrected chi connectivity index (χ2v) is 5.52. The van der Waals surface area contributed by atoms with Crippen molar-refractivity contribution in [2.24, 2.45) is 10.7 Å². The first-order valence-electron chi connectivity index (χ1n) is 7.08. The number of phenols is 1. The second kappa shape index (κ2) is 5.31. The molecule has 0 aromatic heterocycles. The number of hydrogen-bond donors (Lipinski definition) is 3. The monoisotopic (exact) mass is 298 g/mol. The molecule has 2 aliphatic heterocycles. The summed E-state index contributed by atoms with van der Waals surface area (Å²) in [7, 11) is 0. The SMILES string of the molecule is CC1=CC(=C2C(=O)N(Cc3cccc(O)c3)NC2C)C(N)=N1. The Hall–Kier alpha value is -2.60. The highest BCUT2D eigenvalue weighted by Crippen LogP contribution is 2.26. The van der Waals surface area contributed by atoms with Gasteiger partial charge >= 0.3 is 0 Å². The summed E-state index contributed by atoms with van der Waals surface area (Å²) in [5.74, 6) is 0.449.